The van der Waals surface area contributed by atoms with Crippen LogP contribution in [-0.2, 0) is 13.5 Å². The van der Waals surface area contributed by atoms with E-state index in [0.29, 0.717) is 5.56 Å². The quantitative estimate of drug-likeness (QED) is 0.890. The fraction of sp³-hybridized carbons (Fsp3) is 0.438. The highest BCUT2D eigenvalue weighted by Crippen LogP contribution is 2.24. The Hall–Kier alpha value is -1.85. The summed E-state index contributed by atoms with van der Waals surface area (Å²) in [4.78, 5) is 13.8. The molecule has 1 aromatic heterocycles. The number of benzene rings is 1. The number of aryl methyl sites for hydroxylation is 1. The number of hydrogen-bond acceptors (Lipinski definition) is 3. The van der Waals surface area contributed by atoms with E-state index < -0.39 is 5.97 Å². The van der Waals surface area contributed by atoms with Crippen LogP contribution in [0.4, 0.5) is 0 Å². The minimum Gasteiger partial charge on any atom is -0.478 e. The molecule has 21 heavy (non-hydrogen) atoms. The number of nitrogens with zero attached hydrogens (tertiary/aromatic N) is 2. The molecule has 0 radical (unpaired) electrons. The van der Waals surface area contributed by atoms with Crippen LogP contribution in [0.5, 0.6) is 0 Å². The summed E-state index contributed by atoms with van der Waals surface area (Å²) in [5.74, 6) is -0.865. The van der Waals surface area contributed by atoms with Gasteiger partial charge in [-0.25, -0.2) is 4.79 Å². The van der Waals surface area contributed by atoms with E-state index >= 15 is 0 Å². The molecule has 0 atom stereocenters. The van der Waals surface area contributed by atoms with Gasteiger partial charge in [0.1, 0.15) is 0 Å². The number of para-hydroxylation sites is 1. The van der Waals surface area contributed by atoms with Gasteiger partial charge in [0, 0.05) is 51.4 Å². The Bertz CT molecular complexity index is 657. The molecular formula is C16H21N3O2. The Balaban J connectivity index is 1.86. The van der Waals surface area contributed by atoms with Gasteiger partial charge >= 0.3 is 5.97 Å². The van der Waals surface area contributed by atoms with Gasteiger partial charge < -0.3 is 19.9 Å². The lowest BCUT2D eigenvalue weighted by molar-refractivity contribution is 0.0698. The molecule has 1 saturated heterocycles. The number of rotatable bonds is 4. The van der Waals surface area contributed by atoms with E-state index in [9.17, 15) is 9.90 Å². The molecule has 0 unspecified atom stereocenters. The number of hydrogen-bond donors (Lipinski definition) is 2. The number of carboxylic acids is 1. The van der Waals surface area contributed by atoms with E-state index in [1.807, 2.05) is 23.7 Å². The van der Waals surface area contributed by atoms with Crippen LogP contribution in [0.1, 0.15) is 15.9 Å². The third kappa shape index (κ3) is 2.80. The monoisotopic (exact) mass is 287 g/mol. The highest BCUT2D eigenvalue weighted by Gasteiger charge is 2.15. The Morgan fingerprint density at radius 3 is 2.81 bits per heavy atom. The predicted molar refractivity (Wildman–Crippen MR) is 82.9 cm³/mol. The molecule has 2 N–H and O–H groups in total. The third-order valence-electron chi connectivity index (χ3n) is 4.22. The van der Waals surface area contributed by atoms with Gasteiger partial charge in [-0.05, 0) is 18.1 Å². The zero-order valence-electron chi connectivity index (χ0n) is 12.3. The first-order chi connectivity index (χ1) is 10.2. The number of aromatic carboxylic acids is 1. The number of piperazine rings is 1. The Labute approximate surface area is 124 Å². The number of aromatic nitrogens is 1. The standard InChI is InChI=1S/C16H21N3O2/c1-18-11-12(5-8-19-9-6-17-7-10-19)13-3-2-4-14(15(13)18)16(20)21/h2-4,11,17H,5-10H2,1H3,(H,20,21). The minimum absolute atomic E-state index is 0.378. The Morgan fingerprint density at radius 2 is 2.10 bits per heavy atom. The molecule has 1 fully saturated rings. The number of carbonyl (C=O) groups is 1. The van der Waals surface area contributed by atoms with Gasteiger partial charge in [-0.2, -0.15) is 0 Å². The maximum absolute atomic E-state index is 11.4. The van der Waals surface area contributed by atoms with Crippen LogP contribution < -0.4 is 5.32 Å². The molecule has 0 spiro atoms. The first-order valence-corrected chi connectivity index (χ1v) is 7.40. The van der Waals surface area contributed by atoms with E-state index in [-0.39, 0.29) is 0 Å². The average Bonchev–Trinajstić information content (AvgIpc) is 2.83. The largest absolute Gasteiger partial charge is 0.478 e. The lowest BCUT2D eigenvalue weighted by atomic mass is 10.1. The topological polar surface area (TPSA) is 57.5 Å². The molecule has 0 bridgehead atoms. The summed E-state index contributed by atoms with van der Waals surface area (Å²) in [5.41, 5.74) is 2.43. The second-order valence-corrected chi connectivity index (χ2v) is 5.61. The molecule has 5 nitrogen and oxygen atoms in total. The third-order valence-corrected chi connectivity index (χ3v) is 4.22. The van der Waals surface area contributed by atoms with Crippen LogP contribution in [0.3, 0.4) is 0 Å². The van der Waals surface area contributed by atoms with Crippen LogP contribution in [0, 0.1) is 0 Å². The number of carboxylic acid groups (broad SMARTS) is 1. The highest BCUT2D eigenvalue weighted by atomic mass is 16.4. The number of fused-ring (bicyclic) bond motifs is 1. The van der Waals surface area contributed by atoms with Crippen LogP contribution in [0.2, 0.25) is 0 Å². The number of nitrogens with one attached hydrogen (secondary N) is 1. The van der Waals surface area contributed by atoms with Crippen molar-refractivity contribution in [2.24, 2.45) is 7.05 Å². The van der Waals surface area contributed by atoms with Crippen LogP contribution in [-0.4, -0.2) is 53.3 Å². The SMILES string of the molecule is Cn1cc(CCN2CCNCC2)c2cccc(C(=O)O)c21. The maximum atomic E-state index is 11.4. The van der Waals surface area contributed by atoms with Gasteiger partial charge in [0.25, 0.3) is 0 Å². The lowest BCUT2D eigenvalue weighted by Crippen LogP contribution is -2.44. The van der Waals surface area contributed by atoms with Crippen LogP contribution in [0.25, 0.3) is 10.9 Å². The molecule has 0 amide bonds. The Kier molecular flexibility index (Phi) is 3.94. The first-order valence-electron chi connectivity index (χ1n) is 7.40. The summed E-state index contributed by atoms with van der Waals surface area (Å²) in [5, 5.41) is 13.7. The zero-order chi connectivity index (χ0) is 14.8. The summed E-state index contributed by atoms with van der Waals surface area (Å²) in [6.45, 7) is 5.31. The van der Waals surface area contributed by atoms with Crippen molar-refractivity contribution in [3.05, 3.63) is 35.5 Å². The molecule has 1 aliphatic rings. The highest BCUT2D eigenvalue weighted by molar-refractivity contribution is 6.03. The normalized spacial score (nSPS) is 16.4. The minimum atomic E-state index is -0.865. The molecule has 112 valence electrons. The molecule has 2 heterocycles. The molecule has 3 rings (SSSR count). The van der Waals surface area contributed by atoms with E-state index in [2.05, 4.69) is 16.4 Å². The molecule has 1 aromatic carbocycles. The van der Waals surface area contributed by atoms with Gasteiger partial charge in [-0.3, -0.25) is 0 Å². The summed E-state index contributed by atoms with van der Waals surface area (Å²) >= 11 is 0. The van der Waals surface area contributed by atoms with Crippen molar-refractivity contribution in [2.75, 3.05) is 32.7 Å². The maximum Gasteiger partial charge on any atom is 0.337 e. The van der Waals surface area contributed by atoms with Crippen molar-refractivity contribution >= 4 is 16.9 Å². The van der Waals surface area contributed by atoms with Crippen molar-refractivity contribution in [3.63, 3.8) is 0 Å². The Morgan fingerprint density at radius 1 is 1.33 bits per heavy atom. The summed E-state index contributed by atoms with van der Waals surface area (Å²) in [7, 11) is 1.92. The van der Waals surface area contributed by atoms with Gasteiger partial charge in [0.2, 0.25) is 0 Å². The molecular weight excluding hydrogens is 266 g/mol. The van der Waals surface area contributed by atoms with Crippen molar-refractivity contribution in [1.29, 1.82) is 0 Å². The van der Waals surface area contributed by atoms with Crippen LogP contribution >= 0.6 is 0 Å². The summed E-state index contributed by atoms with van der Waals surface area (Å²) in [6, 6.07) is 5.53. The molecule has 2 aromatic rings. The predicted octanol–water partition coefficient (Wildman–Crippen LogP) is 1.32. The van der Waals surface area contributed by atoms with E-state index in [4.69, 9.17) is 0 Å². The molecule has 1 aliphatic heterocycles. The van der Waals surface area contributed by atoms with Crippen molar-refractivity contribution in [2.45, 2.75) is 6.42 Å². The second-order valence-electron chi connectivity index (χ2n) is 5.61. The fourth-order valence-corrected chi connectivity index (χ4v) is 3.14. The first kappa shape index (κ1) is 14.1. The second kappa shape index (κ2) is 5.87. The summed E-state index contributed by atoms with van der Waals surface area (Å²) in [6.07, 6.45) is 3.03. The van der Waals surface area contributed by atoms with E-state index in [0.717, 1.165) is 50.0 Å². The zero-order valence-corrected chi connectivity index (χ0v) is 12.3. The van der Waals surface area contributed by atoms with Crippen molar-refractivity contribution in [1.82, 2.24) is 14.8 Å². The van der Waals surface area contributed by atoms with Gasteiger partial charge in [0.15, 0.2) is 0 Å². The van der Waals surface area contributed by atoms with E-state index in [1.165, 1.54) is 5.56 Å². The van der Waals surface area contributed by atoms with Gasteiger partial charge in [-0.15, -0.1) is 0 Å². The van der Waals surface area contributed by atoms with E-state index in [1.54, 1.807) is 6.07 Å². The van der Waals surface area contributed by atoms with Crippen molar-refractivity contribution in [3.8, 4) is 0 Å². The summed E-state index contributed by atoms with van der Waals surface area (Å²) < 4.78 is 1.94. The van der Waals surface area contributed by atoms with Gasteiger partial charge in [-0.1, -0.05) is 12.1 Å². The average molecular weight is 287 g/mol. The molecule has 0 aliphatic carbocycles. The fourth-order valence-electron chi connectivity index (χ4n) is 3.14. The van der Waals surface area contributed by atoms with Crippen LogP contribution in [0.15, 0.2) is 24.4 Å². The molecule has 5 heteroatoms. The van der Waals surface area contributed by atoms with Crippen molar-refractivity contribution < 1.29 is 9.90 Å². The molecule has 0 saturated carbocycles. The van der Waals surface area contributed by atoms with Gasteiger partial charge in [0.05, 0.1) is 11.1 Å². The lowest BCUT2D eigenvalue weighted by Gasteiger charge is -2.26. The smallest absolute Gasteiger partial charge is 0.337 e.